The SMILES string of the molecule is COc1ccc(CNC(=S)OCc2ccccc2)cc1. The zero-order chi connectivity index (χ0) is 14.2. The molecule has 4 heteroatoms. The van der Waals surface area contributed by atoms with E-state index in [2.05, 4.69) is 5.32 Å². The van der Waals surface area contributed by atoms with Gasteiger partial charge in [-0.15, -0.1) is 0 Å². The fraction of sp³-hybridized carbons (Fsp3) is 0.188. The van der Waals surface area contributed by atoms with Crippen molar-refractivity contribution in [2.75, 3.05) is 7.11 Å². The van der Waals surface area contributed by atoms with Crippen molar-refractivity contribution in [1.29, 1.82) is 0 Å². The number of rotatable bonds is 5. The highest BCUT2D eigenvalue weighted by Crippen LogP contribution is 2.11. The van der Waals surface area contributed by atoms with Crippen molar-refractivity contribution in [2.45, 2.75) is 13.2 Å². The summed E-state index contributed by atoms with van der Waals surface area (Å²) in [6, 6.07) is 17.8. The van der Waals surface area contributed by atoms with Gasteiger partial charge in [-0.3, -0.25) is 0 Å². The number of benzene rings is 2. The lowest BCUT2D eigenvalue weighted by Gasteiger charge is -2.10. The van der Waals surface area contributed by atoms with Crippen LogP contribution in [-0.4, -0.2) is 12.3 Å². The fourth-order valence-corrected chi connectivity index (χ4v) is 1.82. The zero-order valence-electron chi connectivity index (χ0n) is 11.3. The highest BCUT2D eigenvalue weighted by Gasteiger charge is 1.99. The minimum Gasteiger partial charge on any atom is -0.497 e. The Hall–Kier alpha value is -2.07. The van der Waals surface area contributed by atoms with Gasteiger partial charge >= 0.3 is 0 Å². The smallest absolute Gasteiger partial charge is 0.257 e. The van der Waals surface area contributed by atoms with Gasteiger partial charge in [0, 0.05) is 6.54 Å². The molecule has 0 saturated heterocycles. The van der Waals surface area contributed by atoms with Gasteiger partial charge in [0.05, 0.1) is 7.11 Å². The van der Waals surface area contributed by atoms with Gasteiger partial charge in [0.15, 0.2) is 0 Å². The molecular weight excluding hydrogens is 270 g/mol. The van der Waals surface area contributed by atoms with E-state index in [1.807, 2.05) is 54.6 Å². The van der Waals surface area contributed by atoms with E-state index in [-0.39, 0.29) is 0 Å². The molecule has 2 aromatic rings. The number of hydrogen-bond acceptors (Lipinski definition) is 3. The predicted octanol–water partition coefficient (Wildman–Crippen LogP) is 3.29. The Kier molecular flexibility index (Phi) is 5.38. The number of hydrogen-bond donors (Lipinski definition) is 1. The average Bonchev–Trinajstić information content (AvgIpc) is 2.52. The zero-order valence-corrected chi connectivity index (χ0v) is 12.2. The first-order chi connectivity index (χ1) is 9.78. The molecule has 0 spiro atoms. The second-order valence-electron chi connectivity index (χ2n) is 4.26. The van der Waals surface area contributed by atoms with Crippen LogP contribution >= 0.6 is 12.2 Å². The summed E-state index contributed by atoms with van der Waals surface area (Å²) in [7, 11) is 1.65. The van der Waals surface area contributed by atoms with Crippen LogP contribution in [0.4, 0.5) is 0 Å². The van der Waals surface area contributed by atoms with Crippen LogP contribution in [0.15, 0.2) is 54.6 Å². The lowest BCUT2D eigenvalue weighted by molar-refractivity contribution is 0.286. The molecule has 20 heavy (non-hydrogen) atoms. The third-order valence-electron chi connectivity index (χ3n) is 2.81. The molecule has 0 aromatic heterocycles. The van der Waals surface area contributed by atoms with E-state index >= 15 is 0 Å². The first kappa shape index (κ1) is 14.3. The minimum atomic E-state index is 0.407. The Bertz CT molecular complexity index is 540. The molecule has 0 saturated carbocycles. The molecule has 0 unspecified atom stereocenters. The average molecular weight is 287 g/mol. The molecule has 0 aliphatic carbocycles. The second-order valence-corrected chi connectivity index (χ2v) is 4.63. The van der Waals surface area contributed by atoms with Crippen molar-refractivity contribution in [3.63, 3.8) is 0 Å². The number of thiocarbonyl (C=S) groups is 1. The summed E-state index contributed by atoms with van der Waals surface area (Å²) in [6.45, 7) is 1.12. The van der Waals surface area contributed by atoms with E-state index in [1.165, 1.54) is 0 Å². The minimum absolute atomic E-state index is 0.407. The van der Waals surface area contributed by atoms with E-state index in [4.69, 9.17) is 21.7 Å². The largest absolute Gasteiger partial charge is 0.497 e. The van der Waals surface area contributed by atoms with E-state index in [9.17, 15) is 0 Å². The molecule has 2 rings (SSSR count). The van der Waals surface area contributed by atoms with Crippen LogP contribution < -0.4 is 10.1 Å². The molecule has 0 aliphatic heterocycles. The van der Waals surface area contributed by atoms with Crippen molar-refractivity contribution >= 4 is 17.4 Å². The third kappa shape index (κ3) is 4.55. The van der Waals surface area contributed by atoms with Crippen LogP contribution in [0.5, 0.6) is 5.75 Å². The van der Waals surface area contributed by atoms with Gasteiger partial charge in [-0.1, -0.05) is 42.5 Å². The molecule has 0 fully saturated rings. The normalized spacial score (nSPS) is 9.85. The summed E-state index contributed by atoms with van der Waals surface area (Å²) < 4.78 is 10.6. The third-order valence-corrected chi connectivity index (χ3v) is 3.07. The Morgan fingerprint density at radius 3 is 2.35 bits per heavy atom. The van der Waals surface area contributed by atoms with Crippen molar-refractivity contribution in [2.24, 2.45) is 0 Å². The molecule has 0 amide bonds. The molecule has 0 radical (unpaired) electrons. The number of methoxy groups -OCH3 is 1. The van der Waals surface area contributed by atoms with Gasteiger partial charge in [-0.2, -0.15) is 0 Å². The molecular formula is C16H17NO2S. The molecule has 3 nitrogen and oxygen atoms in total. The maximum Gasteiger partial charge on any atom is 0.257 e. The van der Waals surface area contributed by atoms with E-state index < -0.39 is 0 Å². The maximum absolute atomic E-state index is 5.49. The van der Waals surface area contributed by atoms with E-state index in [0.717, 1.165) is 16.9 Å². The van der Waals surface area contributed by atoms with E-state index in [1.54, 1.807) is 7.11 Å². The summed E-state index contributed by atoms with van der Waals surface area (Å²) in [5, 5.41) is 3.48. The van der Waals surface area contributed by atoms with Crippen molar-refractivity contribution in [1.82, 2.24) is 5.32 Å². The Balaban J connectivity index is 1.74. The molecule has 1 N–H and O–H groups in total. The van der Waals surface area contributed by atoms with Crippen LogP contribution in [-0.2, 0) is 17.9 Å². The molecule has 0 aliphatic rings. The lowest BCUT2D eigenvalue weighted by atomic mass is 10.2. The van der Waals surface area contributed by atoms with Crippen LogP contribution in [0.3, 0.4) is 0 Å². The Labute approximate surface area is 124 Å². The summed E-state index contributed by atoms with van der Waals surface area (Å²) >= 11 is 5.14. The van der Waals surface area contributed by atoms with Crippen LogP contribution in [0.2, 0.25) is 0 Å². The van der Waals surface area contributed by atoms with Crippen molar-refractivity contribution in [3.8, 4) is 5.75 Å². The second kappa shape index (κ2) is 7.50. The van der Waals surface area contributed by atoms with Gasteiger partial charge in [0.2, 0.25) is 0 Å². The van der Waals surface area contributed by atoms with Gasteiger partial charge in [0.1, 0.15) is 12.4 Å². The standard InChI is InChI=1S/C16H17NO2S/c1-18-15-9-7-13(8-10-15)11-17-16(20)19-12-14-5-3-2-4-6-14/h2-10H,11-12H2,1H3,(H,17,20). The monoisotopic (exact) mass is 287 g/mol. The summed E-state index contributed by atoms with van der Waals surface area (Å²) in [4.78, 5) is 0. The molecule has 0 bridgehead atoms. The Morgan fingerprint density at radius 2 is 1.70 bits per heavy atom. The molecule has 0 heterocycles. The first-order valence-electron chi connectivity index (χ1n) is 6.35. The van der Waals surface area contributed by atoms with Gasteiger partial charge in [-0.05, 0) is 35.5 Å². The lowest BCUT2D eigenvalue weighted by Crippen LogP contribution is -2.23. The van der Waals surface area contributed by atoms with Gasteiger partial charge < -0.3 is 14.8 Å². The van der Waals surface area contributed by atoms with Crippen LogP contribution in [0.25, 0.3) is 0 Å². The highest BCUT2D eigenvalue weighted by atomic mass is 32.1. The topological polar surface area (TPSA) is 30.5 Å². The summed E-state index contributed by atoms with van der Waals surface area (Å²) in [5.41, 5.74) is 2.22. The quantitative estimate of drug-likeness (QED) is 0.855. The van der Waals surface area contributed by atoms with Crippen molar-refractivity contribution < 1.29 is 9.47 Å². The molecule has 2 aromatic carbocycles. The first-order valence-corrected chi connectivity index (χ1v) is 6.76. The summed E-state index contributed by atoms with van der Waals surface area (Å²) in [6.07, 6.45) is 0. The molecule has 104 valence electrons. The van der Waals surface area contributed by atoms with Gasteiger partial charge in [-0.25, -0.2) is 0 Å². The number of nitrogens with one attached hydrogen (secondary N) is 1. The fourth-order valence-electron chi connectivity index (χ4n) is 1.69. The summed E-state index contributed by atoms with van der Waals surface area (Å²) in [5.74, 6) is 0.844. The predicted molar refractivity (Wildman–Crippen MR) is 83.7 cm³/mol. The molecule has 0 atom stereocenters. The Morgan fingerprint density at radius 1 is 1.00 bits per heavy atom. The van der Waals surface area contributed by atoms with Crippen molar-refractivity contribution in [3.05, 3.63) is 65.7 Å². The van der Waals surface area contributed by atoms with Crippen LogP contribution in [0, 0.1) is 0 Å². The highest BCUT2D eigenvalue weighted by molar-refractivity contribution is 7.80. The van der Waals surface area contributed by atoms with E-state index in [0.29, 0.717) is 18.3 Å². The van der Waals surface area contributed by atoms with Gasteiger partial charge in [0.25, 0.3) is 5.17 Å². The number of ether oxygens (including phenoxy) is 2. The maximum atomic E-state index is 5.49. The van der Waals surface area contributed by atoms with Crippen LogP contribution in [0.1, 0.15) is 11.1 Å².